The van der Waals surface area contributed by atoms with E-state index in [0.717, 1.165) is 16.8 Å². The van der Waals surface area contributed by atoms with Crippen LogP contribution >= 0.6 is 0 Å². The number of aromatic nitrogens is 2. The summed E-state index contributed by atoms with van der Waals surface area (Å²) in [6.45, 7) is 1.55. The van der Waals surface area contributed by atoms with Crippen molar-refractivity contribution < 1.29 is 19.0 Å². The molecule has 1 aliphatic heterocycles. The maximum Gasteiger partial charge on any atom is 0.241 e. The maximum absolute atomic E-state index is 13.8. The maximum atomic E-state index is 13.8. The zero-order valence-corrected chi connectivity index (χ0v) is 22.1. The summed E-state index contributed by atoms with van der Waals surface area (Å²) in [5, 5.41) is 9.71. The molecule has 1 aromatic heterocycles. The van der Waals surface area contributed by atoms with Crippen LogP contribution < -0.4 is 19.1 Å². The van der Waals surface area contributed by atoms with Crippen molar-refractivity contribution in [3.63, 3.8) is 0 Å². The van der Waals surface area contributed by atoms with Gasteiger partial charge in [0.2, 0.25) is 5.91 Å². The quantitative estimate of drug-likeness (QED) is 0.386. The Kier molecular flexibility index (Phi) is 7.48. The van der Waals surface area contributed by atoms with E-state index in [1.807, 2.05) is 71.2 Å². The van der Waals surface area contributed by atoms with Crippen molar-refractivity contribution in [3.05, 3.63) is 95.6 Å². The number of nitriles is 1. The SMILES string of the molecule is COc1ccc(CN2C(=O)CN(C)Cc3cncn3Cc3ccc(C#N)c(c3)Oc3cccc2c3)c(OC)c1. The number of likely N-dealkylation sites (N-methyl/N-ethyl adjacent to an activating group) is 1. The van der Waals surface area contributed by atoms with Crippen LogP contribution in [0.15, 0.2) is 73.2 Å². The molecule has 0 aliphatic carbocycles. The minimum Gasteiger partial charge on any atom is -0.497 e. The zero-order valence-electron chi connectivity index (χ0n) is 22.1. The molecule has 0 N–H and O–H groups in total. The van der Waals surface area contributed by atoms with Crippen molar-refractivity contribution in [3.8, 4) is 29.1 Å². The first-order valence-corrected chi connectivity index (χ1v) is 12.5. The van der Waals surface area contributed by atoms with E-state index in [-0.39, 0.29) is 19.0 Å². The second-order valence-corrected chi connectivity index (χ2v) is 9.38. The number of imidazole rings is 1. The molecule has 0 fully saturated rings. The van der Waals surface area contributed by atoms with E-state index < -0.39 is 0 Å². The normalized spacial score (nSPS) is 13.9. The third-order valence-electron chi connectivity index (χ3n) is 6.64. The van der Waals surface area contributed by atoms with Crippen LogP contribution in [0, 0.1) is 11.3 Å². The van der Waals surface area contributed by atoms with Gasteiger partial charge in [0.05, 0.1) is 44.9 Å². The summed E-state index contributed by atoms with van der Waals surface area (Å²) in [4.78, 5) is 21.8. The van der Waals surface area contributed by atoms with E-state index in [1.165, 1.54) is 0 Å². The van der Waals surface area contributed by atoms with Gasteiger partial charge in [0.15, 0.2) is 0 Å². The molecule has 4 aromatic rings. The van der Waals surface area contributed by atoms with Gasteiger partial charge in [-0.2, -0.15) is 5.26 Å². The molecule has 4 bridgehead atoms. The predicted octanol–water partition coefficient (Wildman–Crippen LogP) is 4.59. The standard InChI is InChI=1S/C30H29N5O4/c1-33-18-25-15-32-20-34(25)16-21-7-8-22(14-31)29(11-21)39-27-6-4-5-24(12-27)35(30(36)19-33)17-23-9-10-26(37-2)13-28(23)38-3/h4-13,15,20H,16-19H2,1-3H3. The van der Waals surface area contributed by atoms with E-state index in [9.17, 15) is 10.1 Å². The van der Waals surface area contributed by atoms with Crippen molar-refractivity contribution in [2.24, 2.45) is 0 Å². The number of methoxy groups -OCH3 is 2. The van der Waals surface area contributed by atoms with Crippen molar-refractivity contribution in [1.29, 1.82) is 5.26 Å². The summed E-state index contributed by atoms with van der Waals surface area (Å²) < 4.78 is 19.2. The van der Waals surface area contributed by atoms with Gasteiger partial charge in [0.25, 0.3) is 0 Å². The largest absolute Gasteiger partial charge is 0.497 e. The number of hydrogen-bond donors (Lipinski definition) is 0. The number of anilines is 1. The van der Waals surface area contributed by atoms with Crippen molar-refractivity contribution in [1.82, 2.24) is 14.5 Å². The predicted molar refractivity (Wildman–Crippen MR) is 146 cm³/mol. The van der Waals surface area contributed by atoms with Crippen molar-refractivity contribution in [2.75, 3.05) is 32.7 Å². The number of benzene rings is 3. The number of nitrogens with zero attached hydrogens (tertiary/aromatic N) is 5. The first-order valence-electron chi connectivity index (χ1n) is 12.5. The molecule has 3 aromatic carbocycles. The van der Waals surface area contributed by atoms with Crippen LogP contribution in [0.1, 0.15) is 22.4 Å². The van der Waals surface area contributed by atoms with Crippen molar-refractivity contribution >= 4 is 11.6 Å². The summed E-state index contributed by atoms with van der Waals surface area (Å²) in [5.41, 5.74) is 3.86. The highest BCUT2D eigenvalue weighted by Crippen LogP contribution is 2.32. The summed E-state index contributed by atoms with van der Waals surface area (Å²) in [6.07, 6.45) is 3.58. The molecule has 39 heavy (non-hydrogen) atoms. The molecule has 0 atom stereocenters. The molecular weight excluding hydrogens is 494 g/mol. The third-order valence-corrected chi connectivity index (χ3v) is 6.64. The lowest BCUT2D eigenvalue weighted by Crippen LogP contribution is -2.38. The van der Waals surface area contributed by atoms with Crippen LogP contribution in [0.2, 0.25) is 0 Å². The number of ether oxygens (including phenoxy) is 3. The summed E-state index contributed by atoms with van der Waals surface area (Å²) in [5.74, 6) is 2.17. The highest BCUT2D eigenvalue weighted by molar-refractivity contribution is 5.95. The van der Waals surface area contributed by atoms with Crippen molar-refractivity contribution in [2.45, 2.75) is 19.6 Å². The molecule has 0 saturated heterocycles. The number of rotatable bonds is 4. The second-order valence-electron chi connectivity index (χ2n) is 9.38. The average molecular weight is 524 g/mol. The van der Waals surface area contributed by atoms with Crippen LogP contribution in [-0.2, 0) is 24.4 Å². The van der Waals surface area contributed by atoms with Gasteiger partial charge >= 0.3 is 0 Å². The van der Waals surface area contributed by atoms with Crippen LogP contribution in [0.3, 0.4) is 0 Å². The Morgan fingerprint density at radius 1 is 1.03 bits per heavy atom. The van der Waals surface area contributed by atoms with E-state index in [0.29, 0.717) is 47.3 Å². The van der Waals surface area contributed by atoms with Crippen LogP contribution in [0.25, 0.3) is 0 Å². The van der Waals surface area contributed by atoms with Crippen LogP contribution in [0.5, 0.6) is 23.0 Å². The van der Waals surface area contributed by atoms with E-state index in [4.69, 9.17) is 14.2 Å². The van der Waals surface area contributed by atoms with Crippen LogP contribution in [0.4, 0.5) is 5.69 Å². The third kappa shape index (κ3) is 5.71. The fraction of sp³-hybridized carbons (Fsp3) is 0.233. The van der Waals surface area contributed by atoms with Gasteiger partial charge in [0, 0.05) is 42.7 Å². The fourth-order valence-corrected chi connectivity index (χ4v) is 4.63. The molecule has 0 unspecified atom stereocenters. The molecule has 0 spiro atoms. The first kappa shape index (κ1) is 25.8. The van der Waals surface area contributed by atoms with Gasteiger partial charge in [-0.05, 0) is 49.0 Å². The second kappa shape index (κ2) is 11.3. The highest BCUT2D eigenvalue weighted by Gasteiger charge is 2.22. The highest BCUT2D eigenvalue weighted by atomic mass is 16.5. The summed E-state index contributed by atoms with van der Waals surface area (Å²) >= 11 is 0. The molecule has 2 heterocycles. The molecule has 5 rings (SSSR count). The van der Waals surface area contributed by atoms with Gasteiger partial charge < -0.3 is 23.7 Å². The smallest absolute Gasteiger partial charge is 0.241 e. The molecule has 9 nitrogen and oxygen atoms in total. The monoisotopic (exact) mass is 523 g/mol. The zero-order chi connectivity index (χ0) is 27.4. The molecule has 198 valence electrons. The Morgan fingerprint density at radius 2 is 1.90 bits per heavy atom. The number of carbonyl (C=O) groups excluding carboxylic acids is 1. The molecule has 1 aliphatic rings. The first-order chi connectivity index (χ1) is 19.0. The van der Waals surface area contributed by atoms with Gasteiger partial charge in [-0.15, -0.1) is 0 Å². The molecule has 1 amide bonds. The number of hydrogen-bond acceptors (Lipinski definition) is 7. The number of amides is 1. The Labute approximate surface area is 227 Å². The average Bonchev–Trinajstić information content (AvgIpc) is 3.37. The lowest BCUT2D eigenvalue weighted by atomic mass is 10.1. The minimum atomic E-state index is -0.0910. The number of fused-ring (bicyclic) bond motifs is 5. The van der Waals surface area contributed by atoms with E-state index >= 15 is 0 Å². The van der Waals surface area contributed by atoms with Crippen LogP contribution in [-0.4, -0.2) is 48.2 Å². The molecule has 0 radical (unpaired) electrons. The van der Waals surface area contributed by atoms with Gasteiger partial charge in [-0.25, -0.2) is 4.98 Å². The van der Waals surface area contributed by atoms with E-state index in [1.54, 1.807) is 37.6 Å². The lowest BCUT2D eigenvalue weighted by Gasteiger charge is -2.27. The van der Waals surface area contributed by atoms with E-state index in [2.05, 4.69) is 11.1 Å². The summed E-state index contributed by atoms with van der Waals surface area (Å²) in [7, 11) is 5.11. The number of carbonyl (C=O) groups is 1. The molecule has 9 heteroatoms. The fourth-order valence-electron chi connectivity index (χ4n) is 4.63. The molecular formula is C30H29N5O4. The Morgan fingerprint density at radius 3 is 2.69 bits per heavy atom. The Balaban J connectivity index is 1.58. The molecule has 0 saturated carbocycles. The summed E-state index contributed by atoms with van der Waals surface area (Å²) in [6, 6.07) is 20.7. The van der Waals surface area contributed by atoms with Gasteiger partial charge in [0.1, 0.15) is 29.1 Å². The Hall–Kier alpha value is -4.81. The van der Waals surface area contributed by atoms with Gasteiger partial charge in [-0.1, -0.05) is 12.1 Å². The topological polar surface area (TPSA) is 92.9 Å². The minimum absolute atomic E-state index is 0.0910. The van der Waals surface area contributed by atoms with Gasteiger partial charge in [-0.3, -0.25) is 9.69 Å². The lowest BCUT2D eigenvalue weighted by molar-refractivity contribution is -0.119. The Bertz CT molecular complexity index is 1540.